The quantitative estimate of drug-likeness (QED) is 0.837. The second-order valence-electron chi connectivity index (χ2n) is 6.08. The van der Waals surface area contributed by atoms with Crippen LogP contribution in [-0.4, -0.2) is 59.9 Å². The summed E-state index contributed by atoms with van der Waals surface area (Å²) in [6.45, 7) is 1.37. The van der Waals surface area contributed by atoms with Crippen LogP contribution in [0.1, 0.15) is 25.0 Å². The molecule has 1 aromatic rings. The van der Waals surface area contributed by atoms with Gasteiger partial charge in [-0.05, 0) is 18.6 Å². The van der Waals surface area contributed by atoms with E-state index in [0.29, 0.717) is 44.8 Å². The average molecular weight is 346 g/mol. The van der Waals surface area contributed by atoms with E-state index in [1.165, 1.54) is 5.01 Å². The van der Waals surface area contributed by atoms with Gasteiger partial charge in [-0.25, -0.2) is 5.01 Å². The minimum absolute atomic E-state index is 0.0888. The number of hydrogen-bond acceptors (Lipinski definition) is 6. The number of nitrogens with one attached hydrogen (secondary N) is 1. The summed E-state index contributed by atoms with van der Waals surface area (Å²) in [6.07, 6.45) is 2.91. The van der Waals surface area contributed by atoms with Crippen molar-refractivity contribution in [2.45, 2.75) is 38.0 Å². The number of nitrogens with zero attached hydrogens (tertiary/aromatic N) is 3. The van der Waals surface area contributed by atoms with Gasteiger partial charge in [0.05, 0.1) is 31.1 Å². The molecular formula is C17H22N4O4. The Bertz CT molecular complexity index is 649. The van der Waals surface area contributed by atoms with Crippen molar-refractivity contribution in [1.82, 2.24) is 15.3 Å². The fraction of sp³-hybridized carbons (Fsp3) is 0.529. The van der Waals surface area contributed by atoms with E-state index >= 15 is 0 Å². The Morgan fingerprint density at radius 2 is 2.32 bits per heavy atom. The van der Waals surface area contributed by atoms with Gasteiger partial charge in [-0.1, -0.05) is 6.07 Å². The molecule has 3 rings (SSSR count). The Hall–Kier alpha value is -2.32. The Morgan fingerprint density at radius 1 is 1.44 bits per heavy atom. The van der Waals surface area contributed by atoms with Crippen LogP contribution in [0.4, 0.5) is 0 Å². The molecule has 0 unspecified atom stereocenters. The minimum Gasteiger partial charge on any atom is -0.379 e. The first-order valence-electron chi connectivity index (χ1n) is 8.37. The Labute approximate surface area is 146 Å². The lowest BCUT2D eigenvalue weighted by Crippen LogP contribution is -2.52. The van der Waals surface area contributed by atoms with Crippen molar-refractivity contribution in [2.24, 2.45) is 5.10 Å². The van der Waals surface area contributed by atoms with E-state index in [-0.39, 0.29) is 24.0 Å². The average Bonchev–Trinajstić information content (AvgIpc) is 2.64. The number of amides is 2. The van der Waals surface area contributed by atoms with Crippen LogP contribution in [-0.2, 0) is 25.7 Å². The summed E-state index contributed by atoms with van der Waals surface area (Å²) in [5.74, 6) is -0.365. The van der Waals surface area contributed by atoms with Crippen molar-refractivity contribution < 1.29 is 19.1 Å². The molecule has 2 aliphatic rings. The van der Waals surface area contributed by atoms with Crippen molar-refractivity contribution in [1.29, 1.82) is 0 Å². The molecule has 0 spiro atoms. The van der Waals surface area contributed by atoms with Gasteiger partial charge in [0, 0.05) is 32.7 Å². The first-order chi connectivity index (χ1) is 12.1. The van der Waals surface area contributed by atoms with Crippen LogP contribution in [0, 0.1) is 0 Å². The van der Waals surface area contributed by atoms with Gasteiger partial charge in [0.1, 0.15) is 5.71 Å². The van der Waals surface area contributed by atoms with Crippen molar-refractivity contribution in [3.05, 3.63) is 30.1 Å². The van der Waals surface area contributed by atoms with Crippen LogP contribution in [0.5, 0.6) is 0 Å². The number of carbonyl (C=O) groups is 2. The standard InChI is InChI=1S/C17H22N4O4/c1-21-16(22)6-5-13(20-21)17(23)19-14-11-24-9-7-15(14)25-10-12-4-2-3-8-18-12/h2-4,8,14-15H,5-7,9-11H2,1H3,(H,19,23)/t14-,15-/m1/s1. The van der Waals surface area contributed by atoms with Gasteiger partial charge in [0.25, 0.3) is 5.91 Å². The number of hydrogen-bond donors (Lipinski definition) is 1. The fourth-order valence-electron chi connectivity index (χ4n) is 2.81. The number of hydrazone groups is 1. The first kappa shape index (κ1) is 17.5. The third-order valence-electron chi connectivity index (χ3n) is 4.25. The van der Waals surface area contributed by atoms with E-state index in [1.54, 1.807) is 13.2 Å². The summed E-state index contributed by atoms with van der Waals surface area (Å²) in [6, 6.07) is 5.41. The highest BCUT2D eigenvalue weighted by atomic mass is 16.5. The number of rotatable bonds is 5. The molecule has 8 heteroatoms. The second kappa shape index (κ2) is 8.17. The second-order valence-corrected chi connectivity index (χ2v) is 6.08. The van der Waals surface area contributed by atoms with Crippen molar-refractivity contribution in [3.8, 4) is 0 Å². The molecule has 1 fully saturated rings. The van der Waals surface area contributed by atoms with E-state index in [0.717, 1.165) is 5.69 Å². The molecular weight excluding hydrogens is 324 g/mol. The van der Waals surface area contributed by atoms with Gasteiger partial charge in [-0.2, -0.15) is 5.10 Å². The molecule has 2 aliphatic heterocycles. The molecule has 8 nitrogen and oxygen atoms in total. The highest BCUT2D eigenvalue weighted by Crippen LogP contribution is 2.15. The first-order valence-corrected chi connectivity index (χ1v) is 8.37. The van der Waals surface area contributed by atoms with Gasteiger partial charge in [-0.15, -0.1) is 0 Å². The molecule has 2 atom stereocenters. The fourth-order valence-corrected chi connectivity index (χ4v) is 2.81. The smallest absolute Gasteiger partial charge is 0.267 e. The maximum absolute atomic E-state index is 12.4. The normalized spacial score (nSPS) is 24.0. The van der Waals surface area contributed by atoms with Crippen LogP contribution in [0.25, 0.3) is 0 Å². The molecule has 2 amide bonds. The third kappa shape index (κ3) is 4.61. The largest absolute Gasteiger partial charge is 0.379 e. The molecule has 1 saturated heterocycles. The van der Waals surface area contributed by atoms with Crippen LogP contribution >= 0.6 is 0 Å². The highest BCUT2D eigenvalue weighted by Gasteiger charge is 2.30. The Kier molecular flexibility index (Phi) is 5.72. The summed E-state index contributed by atoms with van der Waals surface area (Å²) in [7, 11) is 1.55. The maximum Gasteiger partial charge on any atom is 0.267 e. The topological polar surface area (TPSA) is 93.1 Å². The molecule has 1 N–H and O–H groups in total. The summed E-state index contributed by atoms with van der Waals surface area (Å²) < 4.78 is 11.4. The molecule has 0 bridgehead atoms. The third-order valence-corrected chi connectivity index (χ3v) is 4.25. The molecule has 0 aliphatic carbocycles. The molecule has 0 radical (unpaired) electrons. The number of pyridine rings is 1. The van der Waals surface area contributed by atoms with E-state index in [2.05, 4.69) is 15.4 Å². The van der Waals surface area contributed by atoms with E-state index in [9.17, 15) is 9.59 Å². The summed E-state index contributed by atoms with van der Waals surface area (Å²) in [5.41, 5.74) is 1.20. The van der Waals surface area contributed by atoms with E-state index in [4.69, 9.17) is 9.47 Å². The van der Waals surface area contributed by atoms with Crippen molar-refractivity contribution in [2.75, 3.05) is 20.3 Å². The summed E-state index contributed by atoms with van der Waals surface area (Å²) >= 11 is 0. The lowest BCUT2D eigenvalue weighted by molar-refractivity contribution is -0.130. The SMILES string of the molecule is CN1N=C(C(=O)N[C@@H]2COCC[C@H]2OCc2ccccn2)CCC1=O. The van der Waals surface area contributed by atoms with Gasteiger partial charge < -0.3 is 14.8 Å². The highest BCUT2D eigenvalue weighted by molar-refractivity contribution is 6.39. The zero-order chi connectivity index (χ0) is 17.6. The maximum atomic E-state index is 12.4. The minimum atomic E-state index is -0.277. The number of carbonyl (C=O) groups excluding carboxylic acids is 2. The number of aromatic nitrogens is 1. The predicted molar refractivity (Wildman–Crippen MR) is 89.6 cm³/mol. The zero-order valence-corrected chi connectivity index (χ0v) is 14.2. The lowest BCUT2D eigenvalue weighted by Gasteiger charge is -2.32. The Balaban J connectivity index is 1.58. The van der Waals surface area contributed by atoms with Gasteiger partial charge in [0.2, 0.25) is 5.91 Å². The predicted octanol–water partition coefficient (Wildman–Crippen LogP) is 0.480. The summed E-state index contributed by atoms with van der Waals surface area (Å²) in [5, 5.41) is 8.19. The molecule has 0 aromatic carbocycles. The van der Waals surface area contributed by atoms with Gasteiger partial charge >= 0.3 is 0 Å². The molecule has 134 valence electrons. The van der Waals surface area contributed by atoms with Gasteiger partial charge in [0.15, 0.2) is 0 Å². The molecule has 3 heterocycles. The zero-order valence-electron chi connectivity index (χ0n) is 14.2. The van der Waals surface area contributed by atoms with Crippen LogP contribution in [0.2, 0.25) is 0 Å². The lowest BCUT2D eigenvalue weighted by atomic mass is 10.1. The molecule has 1 aromatic heterocycles. The van der Waals surface area contributed by atoms with Gasteiger partial charge in [-0.3, -0.25) is 14.6 Å². The van der Waals surface area contributed by atoms with E-state index in [1.807, 2.05) is 18.2 Å². The molecule has 25 heavy (non-hydrogen) atoms. The molecule has 0 saturated carbocycles. The monoisotopic (exact) mass is 346 g/mol. The van der Waals surface area contributed by atoms with Crippen LogP contribution < -0.4 is 5.32 Å². The summed E-state index contributed by atoms with van der Waals surface area (Å²) in [4.78, 5) is 28.1. The van der Waals surface area contributed by atoms with Crippen molar-refractivity contribution in [3.63, 3.8) is 0 Å². The number of ether oxygens (including phenoxy) is 2. The van der Waals surface area contributed by atoms with E-state index < -0.39 is 0 Å². The van der Waals surface area contributed by atoms with Crippen molar-refractivity contribution >= 4 is 17.5 Å². The van der Waals surface area contributed by atoms with Crippen LogP contribution in [0.3, 0.4) is 0 Å². The van der Waals surface area contributed by atoms with Crippen LogP contribution in [0.15, 0.2) is 29.5 Å². The Morgan fingerprint density at radius 3 is 3.08 bits per heavy atom.